The maximum atomic E-state index is 12.4. The smallest absolute Gasteiger partial charge is 0.337 e. The number of esters is 1. The first-order valence-corrected chi connectivity index (χ1v) is 10.7. The zero-order valence-corrected chi connectivity index (χ0v) is 18.7. The van der Waals surface area contributed by atoms with Gasteiger partial charge in [0.1, 0.15) is 0 Å². The van der Waals surface area contributed by atoms with Crippen LogP contribution in [0.3, 0.4) is 0 Å². The molecular weight excluding hydrogens is 430 g/mol. The summed E-state index contributed by atoms with van der Waals surface area (Å²) in [6.07, 6.45) is 0. The second kappa shape index (κ2) is 10.6. The molecule has 0 aliphatic rings. The molecule has 2 aromatic carbocycles. The molecule has 0 aliphatic heterocycles. The number of methoxy groups -OCH3 is 1. The molecule has 166 valence electrons. The first-order chi connectivity index (χ1) is 15.4. The molecule has 1 heterocycles. The number of hydrogen-bond acceptors (Lipinski definition) is 7. The Balaban J connectivity index is 1.53. The number of ether oxygens (including phenoxy) is 1. The fraction of sp³-hybridized carbons (Fsp3) is 0.227. The van der Waals surface area contributed by atoms with E-state index in [2.05, 4.69) is 25.6 Å². The highest BCUT2D eigenvalue weighted by Crippen LogP contribution is 2.17. The highest BCUT2D eigenvalue weighted by molar-refractivity contribution is 7.99. The van der Waals surface area contributed by atoms with Gasteiger partial charge in [0.15, 0.2) is 11.0 Å². The second-order valence-corrected chi connectivity index (χ2v) is 7.81. The lowest BCUT2D eigenvalue weighted by molar-refractivity contribution is -0.113. The molecule has 9 nitrogen and oxygen atoms in total. The van der Waals surface area contributed by atoms with Crippen LogP contribution in [-0.2, 0) is 23.1 Å². The summed E-state index contributed by atoms with van der Waals surface area (Å²) >= 11 is 1.22. The quantitative estimate of drug-likeness (QED) is 0.398. The predicted octanol–water partition coefficient (Wildman–Crippen LogP) is 2.57. The number of nitrogens with one attached hydrogen (secondary N) is 2. The van der Waals surface area contributed by atoms with E-state index in [1.54, 1.807) is 41.9 Å². The van der Waals surface area contributed by atoms with Gasteiger partial charge >= 0.3 is 5.97 Å². The fourth-order valence-electron chi connectivity index (χ4n) is 2.88. The molecule has 0 spiro atoms. The molecule has 0 unspecified atom stereocenters. The van der Waals surface area contributed by atoms with E-state index in [0.29, 0.717) is 27.8 Å². The van der Waals surface area contributed by atoms with E-state index < -0.39 is 5.97 Å². The van der Waals surface area contributed by atoms with Crippen molar-refractivity contribution in [3.8, 4) is 0 Å². The molecule has 0 saturated carbocycles. The van der Waals surface area contributed by atoms with Gasteiger partial charge in [0.05, 0.1) is 25.0 Å². The number of carbonyl (C=O) groups excluding carboxylic acids is 3. The number of hydrogen-bond donors (Lipinski definition) is 2. The third-order valence-electron chi connectivity index (χ3n) is 4.62. The van der Waals surface area contributed by atoms with Crippen molar-refractivity contribution in [3.05, 3.63) is 71.0 Å². The molecule has 2 amide bonds. The predicted molar refractivity (Wildman–Crippen MR) is 120 cm³/mol. The van der Waals surface area contributed by atoms with E-state index >= 15 is 0 Å². The topological polar surface area (TPSA) is 115 Å². The normalized spacial score (nSPS) is 10.5. The highest BCUT2D eigenvalue weighted by atomic mass is 32.2. The van der Waals surface area contributed by atoms with Gasteiger partial charge in [-0.15, -0.1) is 10.2 Å². The monoisotopic (exact) mass is 453 g/mol. The molecule has 0 radical (unpaired) electrons. The van der Waals surface area contributed by atoms with Crippen molar-refractivity contribution < 1.29 is 19.1 Å². The van der Waals surface area contributed by atoms with Crippen LogP contribution in [0.25, 0.3) is 0 Å². The third kappa shape index (κ3) is 5.73. The van der Waals surface area contributed by atoms with Gasteiger partial charge in [-0.05, 0) is 36.8 Å². The minimum Gasteiger partial charge on any atom is -0.465 e. The molecule has 0 atom stereocenters. The van der Waals surface area contributed by atoms with Gasteiger partial charge in [-0.25, -0.2) is 4.79 Å². The van der Waals surface area contributed by atoms with Crippen LogP contribution in [0.2, 0.25) is 0 Å². The molecule has 0 fully saturated rings. The van der Waals surface area contributed by atoms with Crippen LogP contribution < -0.4 is 10.6 Å². The Morgan fingerprint density at radius 3 is 2.62 bits per heavy atom. The largest absolute Gasteiger partial charge is 0.465 e. The third-order valence-corrected chi connectivity index (χ3v) is 5.64. The number of carbonyl (C=O) groups is 3. The van der Waals surface area contributed by atoms with Crippen LogP contribution in [0.15, 0.2) is 53.7 Å². The van der Waals surface area contributed by atoms with E-state index in [0.717, 1.165) is 5.56 Å². The number of nitrogens with zero attached hydrogens (tertiary/aromatic N) is 3. The molecule has 3 aromatic rings. The standard InChI is InChI=1S/C22H23N5O4S/c1-14-7-4-5-10-17(14)20(29)23-12-18-25-26-22(27(18)2)32-13-19(28)24-16-9-6-8-15(11-16)21(30)31-3/h4-11H,12-13H2,1-3H3,(H,23,29)(H,24,28). The van der Waals surface area contributed by atoms with Crippen molar-refractivity contribution in [1.82, 2.24) is 20.1 Å². The average Bonchev–Trinajstić information content (AvgIpc) is 3.15. The first kappa shape index (κ1) is 23.0. The molecule has 32 heavy (non-hydrogen) atoms. The van der Waals surface area contributed by atoms with E-state index in [1.165, 1.54) is 18.9 Å². The maximum Gasteiger partial charge on any atom is 0.337 e. The maximum absolute atomic E-state index is 12.4. The number of thioether (sulfide) groups is 1. The number of benzene rings is 2. The average molecular weight is 454 g/mol. The SMILES string of the molecule is COC(=O)c1cccc(NC(=O)CSc2nnc(CNC(=O)c3ccccc3C)n2C)c1. The van der Waals surface area contributed by atoms with Crippen LogP contribution in [0.1, 0.15) is 32.1 Å². The van der Waals surface area contributed by atoms with Crippen LogP contribution in [0.5, 0.6) is 0 Å². The van der Waals surface area contributed by atoms with Crippen LogP contribution in [-0.4, -0.2) is 45.4 Å². The summed E-state index contributed by atoms with van der Waals surface area (Å²) in [5.41, 5.74) is 2.35. The van der Waals surface area contributed by atoms with Gasteiger partial charge in [0.25, 0.3) is 5.91 Å². The van der Waals surface area contributed by atoms with Crippen molar-refractivity contribution >= 4 is 35.2 Å². The fourth-order valence-corrected chi connectivity index (χ4v) is 3.61. The van der Waals surface area contributed by atoms with Crippen molar-refractivity contribution in [2.75, 3.05) is 18.2 Å². The van der Waals surface area contributed by atoms with Crippen LogP contribution in [0, 0.1) is 6.92 Å². The van der Waals surface area contributed by atoms with E-state index in [-0.39, 0.29) is 24.1 Å². The summed E-state index contributed by atoms with van der Waals surface area (Å²) in [4.78, 5) is 36.3. The first-order valence-electron chi connectivity index (χ1n) is 9.72. The van der Waals surface area contributed by atoms with Crippen molar-refractivity contribution in [2.45, 2.75) is 18.6 Å². The number of aromatic nitrogens is 3. The Bertz CT molecular complexity index is 1140. The zero-order chi connectivity index (χ0) is 23.1. The summed E-state index contributed by atoms with van der Waals surface area (Å²) in [5, 5.41) is 14.3. The highest BCUT2D eigenvalue weighted by Gasteiger charge is 2.14. The van der Waals surface area contributed by atoms with Gasteiger partial charge in [0.2, 0.25) is 5.91 Å². The molecule has 0 aliphatic carbocycles. The number of rotatable bonds is 8. The summed E-state index contributed by atoms with van der Waals surface area (Å²) in [6, 6.07) is 13.8. The van der Waals surface area contributed by atoms with Crippen molar-refractivity contribution in [3.63, 3.8) is 0 Å². The summed E-state index contributed by atoms with van der Waals surface area (Å²) in [7, 11) is 3.07. The lowest BCUT2D eigenvalue weighted by Crippen LogP contribution is -2.25. The Kier molecular flexibility index (Phi) is 7.61. The van der Waals surface area contributed by atoms with Gasteiger partial charge in [-0.3, -0.25) is 9.59 Å². The zero-order valence-electron chi connectivity index (χ0n) is 17.9. The van der Waals surface area contributed by atoms with Crippen LogP contribution >= 0.6 is 11.8 Å². The van der Waals surface area contributed by atoms with Gasteiger partial charge < -0.3 is 19.9 Å². The Hall–Kier alpha value is -3.66. The molecule has 10 heteroatoms. The minimum atomic E-state index is -0.475. The van der Waals surface area contributed by atoms with Gasteiger partial charge in [0, 0.05) is 18.3 Å². The second-order valence-electron chi connectivity index (χ2n) is 6.86. The van der Waals surface area contributed by atoms with E-state index in [9.17, 15) is 14.4 Å². The molecule has 2 N–H and O–H groups in total. The molecule has 0 bridgehead atoms. The Morgan fingerprint density at radius 1 is 1.09 bits per heavy atom. The minimum absolute atomic E-state index is 0.101. The number of amides is 2. The molecular formula is C22H23N5O4S. The van der Waals surface area contributed by atoms with Crippen LogP contribution in [0.4, 0.5) is 5.69 Å². The van der Waals surface area contributed by atoms with Gasteiger partial charge in [-0.1, -0.05) is 36.0 Å². The number of aryl methyl sites for hydroxylation is 1. The molecule has 3 rings (SSSR count). The summed E-state index contributed by atoms with van der Waals surface area (Å²) < 4.78 is 6.41. The van der Waals surface area contributed by atoms with Gasteiger partial charge in [-0.2, -0.15) is 0 Å². The Labute approximate surface area is 189 Å². The molecule has 0 saturated heterocycles. The molecule has 1 aromatic heterocycles. The van der Waals surface area contributed by atoms with E-state index in [4.69, 9.17) is 0 Å². The lowest BCUT2D eigenvalue weighted by atomic mass is 10.1. The summed E-state index contributed by atoms with van der Waals surface area (Å²) in [5.74, 6) is -0.246. The van der Waals surface area contributed by atoms with E-state index in [1.807, 2.05) is 25.1 Å². The summed E-state index contributed by atoms with van der Waals surface area (Å²) in [6.45, 7) is 2.09. The van der Waals surface area contributed by atoms with Crippen molar-refractivity contribution in [1.29, 1.82) is 0 Å². The van der Waals surface area contributed by atoms with Crippen molar-refractivity contribution in [2.24, 2.45) is 7.05 Å². The Morgan fingerprint density at radius 2 is 1.88 bits per heavy atom. The number of anilines is 1. The lowest BCUT2D eigenvalue weighted by Gasteiger charge is -2.08.